The van der Waals surface area contributed by atoms with Gasteiger partial charge in [-0.2, -0.15) is 0 Å². The smallest absolute Gasteiger partial charge is 0.246 e. The van der Waals surface area contributed by atoms with Crippen LogP contribution in [0.25, 0.3) is 10.6 Å². The summed E-state index contributed by atoms with van der Waals surface area (Å²) in [6, 6.07) is 14.3. The lowest BCUT2D eigenvalue weighted by atomic mass is 10.1. The van der Waals surface area contributed by atoms with Crippen LogP contribution in [0.15, 0.2) is 58.4 Å². The Bertz CT molecular complexity index is 929. The number of thiazole rings is 1. The number of nitrogens with zero attached hydrogens (tertiary/aromatic N) is 1. The van der Waals surface area contributed by atoms with Gasteiger partial charge < -0.3 is 10.1 Å². The molecule has 0 aliphatic rings. The van der Waals surface area contributed by atoms with Crippen LogP contribution in [-0.4, -0.2) is 24.0 Å². The van der Waals surface area contributed by atoms with E-state index in [1.54, 1.807) is 23.5 Å². The maximum absolute atomic E-state index is 12.8. The molecule has 0 fully saturated rings. The lowest BCUT2D eigenvalue weighted by molar-refractivity contribution is -0.126. The standard InChI is InChI=1S/C23H24BrFN2O2S/c24-19-9-7-18(8-10-19)23-27-21(16-30-23)4-2-1-3-13-26-22(28)15-29-14-17-5-11-20(25)12-6-17/h5-12,16H,1-4,13-15H2,(H,26,28). The fraction of sp³-hybridized carbons (Fsp3) is 0.304. The van der Waals surface area contributed by atoms with E-state index in [9.17, 15) is 9.18 Å². The zero-order chi connectivity index (χ0) is 21.2. The van der Waals surface area contributed by atoms with Crippen molar-refractivity contribution in [2.45, 2.75) is 32.3 Å². The number of carbonyl (C=O) groups excluding carboxylic acids is 1. The van der Waals surface area contributed by atoms with Crippen LogP contribution in [0.1, 0.15) is 30.5 Å². The number of carbonyl (C=O) groups is 1. The molecule has 1 amide bonds. The van der Waals surface area contributed by atoms with Crippen LogP contribution >= 0.6 is 27.3 Å². The highest BCUT2D eigenvalue weighted by Gasteiger charge is 2.05. The zero-order valence-electron chi connectivity index (χ0n) is 16.6. The molecule has 30 heavy (non-hydrogen) atoms. The van der Waals surface area contributed by atoms with Gasteiger partial charge in [0.1, 0.15) is 17.4 Å². The fourth-order valence-corrected chi connectivity index (χ4v) is 4.00. The molecule has 3 aromatic rings. The van der Waals surface area contributed by atoms with Gasteiger partial charge in [-0.3, -0.25) is 4.79 Å². The molecule has 0 aliphatic carbocycles. The average molecular weight is 491 g/mol. The van der Waals surface area contributed by atoms with Crippen molar-refractivity contribution in [3.05, 3.63) is 75.5 Å². The van der Waals surface area contributed by atoms with Crippen molar-refractivity contribution < 1.29 is 13.9 Å². The van der Waals surface area contributed by atoms with Crippen LogP contribution in [-0.2, 0) is 22.6 Å². The van der Waals surface area contributed by atoms with Crippen molar-refractivity contribution in [2.24, 2.45) is 0 Å². The van der Waals surface area contributed by atoms with Crippen LogP contribution in [0.3, 0.4) is 0 Å². The molecule has 0 saturated carbocycles. The molecule has 1 aromatic heterocycles. The normalized spacial score (nSPS) is 10.9. The minimum atomic E-state index is -0.281. The Balaban J connectivity index is 1.24. The van der Waals surface area contributed by atoms with Crippen LogP contribution in [0.2, 0.25) is 0 Å². The summed E-state index contributed by atoms with van der Waals surface area (Å²) in [6.07, 6.45) is 3.94. The van der Waals surface area contributed by atoms with Gasteiger partial charge in [-0.1, -0.05) is 46.6 Å². The van der Waals surface area contributed by atoms with Crippen LogP contribution in [0.5, 0.6) is 0 Å². The minimum absolute atomic E-state index is 0.00896. The van der Waals surface area contributed by atoms with E-state index in [4.69, 9.17) is 9.72 Å². The molecule has 2 aromatic carbocycles. The zero-order valence-corrected chi connectivity index (χ0v) is 19.0. The molecule has 0 aliphatic heterocycles. The minimum Gasteiger partial charge on any atom is -0.367 e. The first-order valence-electron chi connectivity index (χ1n) is 9.89. The Morgan fingerprint density at radius 3 is 2.60 bits per heavy atom. The van der Waals surface area contributed by atoms with Gasteiger partial charge in [-0.25, -0.2) is 9.37 Å². The Morgan fingerprint density at radius 2 is 1.83 bits per heavy atom. The molecule has 7 heteroatoms. The van der Waals surface area contributed by atoms with E-state index in [1.165, 1.54) is 12.1 Å². The summed E-state index contributed by atoms with van der Waals surface area (Å²) in [6.45, 7) is 0.943. The Kier molecular flexibility index (Phi) is 8.99. The van der Waals surface area contributed by atoms with Crippen LogP contribution in [0, 0.1) is 5.82 Å². The summed E-state index contributed by atoms with van der Waals surface area (Å²) in [5.74, 6) is -0.410. The van der Waals surface area contributed by atoms with E-state index in [1.807, 2.05) is 12.1 Å². The number of rotatable bonds is 11. The molecule has 0 unspecified atom stereocenters. The third kappa shape index (κ3) is 7.63. The van der Waals surface area contributed by atoms with Crippen LogP contribution < -0.4 is 5.32 Å². The Morgan fingerprint density at radius 1 is 1.07 bits per heavy atom. The number of halogens is 2. The quantitative estimate of drug-likeness (QED) is 0.347. The van der Waals surface area contributed by atoms with Crippen molar-refractivity contribution in [3.8, 4) is 10.6 Å². The number of nitrogens with one attached hydrogen (secondary N) is 1. The summed E-state index contributed by atoms with van der Waals surface area (Å²) in [7, 11) is 0. The highest BCUT2D eigenvalue weighted by atomic mass is 79.9. The van der Waals surface area contributed by atoms with Gasteiger partial charge >= 0.3 is 0 Å². The van der Waals surface area contributed by atoms with E-state index in [2.05, 4.69) is 38.8 Å². The topological polar surface area (TPSA) is 51.2 Å². The molecule has 0 spiro atoms. The Hall–Kier alpha value is -2.09. The molecule has 158 valence electrons. The molecule has 1 heterocycles. The molecule has 0 saturated heterocycles. The first-order valence-corrected chi connectivity index (χ1v) is 11.6. The van der Waals surface area contributed by atoms with E-state index >= 15 is 0 Å². The van der Waals surface area contributed by atoms with Crippen molar-refractivity contribution in [2.75, 3.05) is 13.2 Å². The highest BCUT2D eigenvalue weighted by molar-refractivity contribution is 9.10. The lowest BCUT2D eigenvalue weighted by Crippen LogP contribution is -2.28. The molecular weight excluding hydrogens is 467 g/mol. The van der Waals surface area contributed by atoms with E-state index in [-0.39, 0.29) is 18.3 Å². The predicted molar refractivity (Wildman–Crippen MR) is 122 cm³/mol. The summed E-state index contributed by atoms with van der Waals surface area (Å²) >= 11 is 5.12. The number of hydrogen-bond donors (Lipinski definition) is 1. The lowest BCUT2D eigenvalue weighted by Gasteiger charge is -2.06. The van der Waals surface area contributed by atoms with E-state index in [0.717, 1.165) is 52.0 Å². The molecule has 0 radical (unpaired) electrons. The number of benzene rings is 2. The molecule has 1 N–H and O–H groups in total. The number of ether oxygens (including phenoxy) is 1. The second-order valence-corrected chi connectivity index (χ2v) is 8.70. The largest absolute Gasteiger partial charge is 0.367 e. The first kappa shape index (κ1) is 22.6. The maximum atomic E-state index is 12.8. The van der Waals surface area contributed by atoms with Gasteiger partial charge in [0, 0.05) is 22.0 Å². The van der Waals surface area contributed by atoms with E-state index in [0.29, 0.717) is 13.2 Å². The first-order chi connectivity index (χ1) is 14.6. The second kappa shape index (κ2) is 11.9. The van der Waals surface area contributed by atoms with Gasteiger partial charge in [0.25, 0.3) is 0 Å². The SMILES string of the molecule is O=C(COCc1ccc(F)cc1)NCCCCCc1csc(-c2ccc(Br)cc2)n1. The number of aryl methyl sites for hydroxylation is 1. The summed E-state index contributed by atoms with van der Waals surface area (Å²) in [5.41, 5.74) is 3.10. The summed E-state index contributed by atoms with van der Waals surface area (Å²) < 4.78 is 19.3. The third-order valence-electron chi connectivity index (χ3n) is 4.49. The predicted octanol–water partition coefficient (Wildman–Crippen LogP) is 5.76. The van der Waals surface area contributed by atoms with Gasteiger partial charge in [0.2, 0.25) is 5.91 Å². The van der Waals surface area contributed by atoms with Crippen molar-refractivity contribution in [1.29, 1.82) is 0 Å². The fourth-order valence-electron chi connectivity index (χ4n) is 2.88. The summed E-state index contributed by atoms with van der Waals surface area (Å²) in [5, 5.41) is 6.03. The number of amides is 1. The van der Waals surface area contributed by atoms with Crippen LogP contribution in [0.4, 0.5) is 4.39 Å². The molecular formula is C23H24BrFN2O2S. The number of aromatic nitrogens is 1. The van der Waals surface area contributed by atoms with Gasteiger partial charge in [-0.15, -0.1) is 11.3 Å². The molecule has 3 rings (SSSR count). The third-order valence-corrected chi connectivity index (χ3v) is 5.96. The number of hydrogen-bond acceptors (Lipinski definition) is 4. The van der Waals surface area contributed by atoms with Gasteiger partial charge in [0.05, 0.1) is 12.3 Å². The molecule has 0 bridgehead atoms. The van der Waals surface area contributed by atoms with E-state index < -0.39 is 0 Å². The van der Waals surface area contributed by atoms with Crippen molar-refractivity contribution in [3.63, 3.8) is 0 Å². The second-order valence-electron chi connectivity index (χ2n) is 6.93. The molecule has 4 nitrogen and oxygen atoms in total. The molecule has 0 atom stereocenters. The maximum Gasteiger partial charge on any atom is 0.246 e. The highest BCUT2D eigenvalue weighted by Crippen LogP contribution is 2.25. The van der Waals surface area contributed by atoms with Gasteiger partial charge in [-0.05, 0) is 49.1 Å². The Labute approximate surface area is 188 Å². The average Bonchev–Trinajstić information content (AvgIpc) is 3.21. The number of unbranched alkanes of at least 4 members (excludes halogenated alkanes) is 2. The summed E-state index contributed by atoms with van der Waals surface area (Å²) in [4.78, 5) is 16.5. The monoisotopic (exact) mass is 490 g/mol. The van der Waals surface area contributed by atoms with Crippen molar-refractivity contribution >= 4 is 33.2 Å². The van der Waals surface area contributed by atoms with Gasteiger partial charge in [0.15, 0.2) is 0 Å². The van der Waals surface area contributed by atoms with Crippen molar-refractivity contribution in [1.82, 2.24) is 10.3 Å².